The number of hydrogen-bond donors (Lipinski definition) is 2. The van der Waals surface area contributed by atoms with Crippen molar-refractivity contribution in [3.63, 3.8) is 0 Å². The highest BCUT2D eigenvalue weighted by Gasteiger charge is 2.38. The summed E-state index contributed by atoms with van der Waals surface area (Å²) in [5.41, 5.74) is 6.10. The zero-order chi connectivity index (χ0) is 21.9. The number of nitrogens with two attached hydrogens (primary N) is 1. The van der Waals surface area contributed by atoms with Crippen molar-refractivity contribution in [3.05, 3.63) is 65.0 Å². The minimum atomic E-state index is -1.16. The van der Waals surface area contributed by atoms with Crippen molar-refractivity contribution in [3.8, 4) is 0 Å². The number of Topliss-reactive ketones (excluding diaryl/α,β-unsaturated/α-hetero) is 1. The van der Waals surface area contributed by atoms with Gasteiger partial charge in [-0.15, -0.1) is 0 Å². The average Bonchev–Trinajstić information content (AvgIpc) is 2.72. The van der Waals surface area contributed by atoms with E-state index in [1.807, 2.05) is 0 Å². The second kappa shape index (κ2) is 8.50. The van der Waals surface area contributed by atoms with Gasteiger partial charge in [0.15, 0.2) is 11.7 Å². The topological polar surface area (TPSA) is 122 Å². The van der Waals surface area contributed by atoms with Crippen molar-refractivity contribution in [1.29, 1.82) is 0 Å². The first kappa shape index (κ1) is 21.3. The number of nitrogens with zero attached hydrogens (tertiary/aromatic N) is 4. The van der Waals surface area contributed by atoms with Gasteiger partial charge in [0, 0.05) is 19.0 Å². The second-order valence-electron chi connectivity index (χ2n) is 7.20. The molecule has 2 heterocycles. The molecule has 156 valence electrons. The molecule has 0 saturated carbocycles. The molecule has 1 aromatic heterocycles. The minimum Gasteiger partial charge on any atom is -0.392 e. The lowest BCUT2D eigenvalue weighted by Gasteiger charge is -2.34. The average molecular weight is 411 g/mol. The SMILES string of the molecule is CN1C(=O)CC(C)(c2cc(CC(=O)c3cnc(/C=C/CO)cn3)ccc2F)N=C1N. The zero-order valence-corrected chi connectivity index (χ0v) is 16.7. The summed E-state index contributed by atoms with van der Waals surface area (Å²) in [4.78, 5) is 38.5. The summed E-state index contributed by atoms with van der Waals surface area (Å²) < 4.78 is 14.6. The van der Waals surface area contributed by atoms with Crippen LogP contribution in [0.1, 0.15) is 40.7 Å². The predicted molar refractivity (Wildman–Crippen MR) is 109 cm³/mol. The highest BCUT2D eigenvalue weighted by Crippen LogP contribution is 2.35. The second-order valence-corrected chi connectivity index (χ2v) is 7.20. The number of carbonyl (C=O) groups is 2. The van der Waals surface area contributed by atoms with E-state index in [2.05, 4.69) is 15.0 Å². The monoisotopic (exact) mass is 411 g/mol. The van der Waals surface area contributed by atoms with Gasteiger partial charge < -0.3 is 10.8 Å². The van der Waals surface area contributed by atoms with Gasteiger partial charge in [-0.25, -0.2) is 14.4 Å². The zero-order valence-electron chi connectivity index (χ0n) is 16.7. The molecule has 9 heteroatoms. The highest BCUT2D eigenvalue weighted by molar-refractivity contribution is 5.99. The van der Waals surface area contributed by atoms with Crippen molar-refractivity contribution in [1.82, 2.24) is 14.9 Å². The van der Waals surface area contributed by atoms with Crippen LogP contribution in [0, 0.1) is 5.82 Å². The van der Waals surface area contributed by atoms with Gasteiger partial charge in [0.25, 0.3) is 0 Å². The van der Waals surface area contributed by atoms with E-state index in [9.17, 15) is 14.0 Å². The molecular formula is C21H22FN5O3. The Morgan fingerprint density at radius 3 is 2.77 bits per heavy atom. The molecule has 1 atom stereocenters. The lowest BCUT2D eigenvalue weighted by atomic mass is 9.85. The third kappa shape index (κ3) is 4.41. The normalized spacial score (nSPS) is 19.3. The molecule has 30 heavy (non-hydrogen) atoms. The summed E-state index contributed by atoms with van der Waals surface area (Å²) in [6, 6.07) is 4.30. The Bertz CT molecular complexity index is 1040. The van der Waals surface area contributed by atoms with Crippen LogP contribution >= 0.6 is 0 Å². The van der Waals surface area contributed by atoms with Crippen LogP contribution in [0.3, 0.4) is 0 Å². The summed E-state index contributed by atoms with van der Waals surface area (Å²) in [6.45, 7) is 1.52. The largest absolute Gasteiger partial charge is 0.392 e. The molecular weight excluding hydrogens is 389 g/mol. The van der Waals surface area contributed by atoms with Crippen LogP contribution in [-0.4, -0.2) is 51.3 Å². The van der Waals surface area contributed by atoms with Gasteiger partial charge in [0.1, 0.15) is 11.5 Å². The molecule has 0 bridgehead atoms. The lowest BCUT2D eigenvalue weighted by Crippen LogP contribution is -2.47. The van der Waals surface area contributed by atoms with Gasteiger partial charge >= 0.3 is 0 Å². The molecule has 3 rings (SSSR count). The number of carbonyl (C=O) groups excluding carboxylic acids is 2. The van der Waals surface area contributed by atoms with Crippen molar-refractivity contribution >= 4 is 23.7 Å². The number of amides is 1. The number of aromatic nitrogens is 2. The van der Waals surface area contributed by atoms with Crippen molar-refractivity contribution in [2.24, 2.45) is 10.7 Å². The Hall–Kier alpha value is -3.46. The van der Waals surface area contributed by atoms with Gasteiger partial charge in [-0.3, -0.25) is 19.5 Å². The summed E-state index contributed by atoms with van der Waals surface area (Å²) in [6.07, 6.45) is 5.83. The van der Waals surface area contributed by atoms with E-state index in [1.165, 1.54) is 48.6 Å². The lowest BCUT2D eigenvalue weighted by molar-refractivity contribution is -0.128. The molecule has 0 fully saturated rings. The standard InChI is InChI=1S/C21H22FN5O3/c1-21(10-19(30)27(2)20(23)26-21)15-8-13(5-6-16(15)22)9-18(29)17-12-24-14(11-25-17)4-3-7-28/h3-6,8,11-12,28H,7,9-10H2,1-2H3,(H2,23,26)/b4-3+. The number of aliphatic imine (C=N–C) groups is 1. The third-order valence-corrected chi connectivity index (χ3v) is 4.90. The first-order chi connectivity index (χ1) is 14.2. The van der Waals surface area contributed by atoms with Gasteiger partial charge in [0.05, 0.1) is 36.7 Å². The summed E-state index contributed by atoms with van der Waals surface area (Å²) >= 11 is 0. The molecule has 1 unspecified atom stereocenters. The van der Waals surface area contributed by atoms with Crippen LogP contribution in [-0.2, 0) is 16.8 Å². The van der Waals surface area contributed by atoms with E-state index in [0.29, 0.717) is 11.3 Å². The van der Waals surface area contributed by atoms with E-state index < -0.39 is 11.4 Å². The fourth-order valence-corrected chi connectivity index (χ4v) is 3.18. The van der Waals surface area contributed by atoms with Crippen molar-refractivity contribution in [2.75, 3.05) is 13.7 Å². The molecule has 1 aliphatic rings. The molecule has 0 radical (unpaired) electrons. The van der Waals surface area contributed by atoms with E-state index in [1.54, 1.807) is 13.0 Å². The first-order valence-corrected chi connectivity index (χ1v) is 9.27. The molecule has 2 aromatic rings. The summed E-state index contributed by atoms with van der Waals surface area (Å²) in [5.74, 6) is -1.07. The Balaban J connectivity index is 1.84. The van der Waals surface area contributed by atoms with Crippen LogP contribution in [0.4, 0.5) is 4.39 Å². The maximum atomic E-state index is 14.6. The number of guanidine groups is 1. The first-order valence-electron chi connectivity index (χ1n) is 9.27. The summed E-state index contributed by atoms with van der Waals surface area (Å²) in [7, 11) is 1.51. The van der Waals surface area contributed by atoms with Crippen molar-refractivity contribution in [2.45, 2.75) is 25.3 Å². The Morgan fingerprint density at radius 1 is 1.37 bits per heavy atom. The van der Waals surface area contributed by atoms with Crippen LogP contribution < -0.4 is 5.73 Å². The fraction of sp³-hybridized carbons (Fsp3) is 0.286. The van der Waals surface area contributed by atoms with Crippen LogP contribution in [0.25, 0.3) is 6.08 Å². The smallest absolute Gasteiger partial charge is 0.231 e. The number of hydrogen-bond acceptors (Lipinski definition) is 7. The van der Waals surface area contributed by atoms with E-state index >= 15 is 0 Å². The molecule has 3 N–H and O–H groups in total. The third-order valence-electron chi connectivity index (χ3n) is 4.90. The van der Waals surface area contributed by atoms with Gasteiger partial charge in [-0.05, 0) is 30.7 Å². The number of aliphatic hydroxyl groups is 1. The minimum absolute atomic E-state index is 0.0141. The number of benzene rings is 1. The quantitative estimate of drug-likeness (QED) is 0.694. The Morgan fingerprint density at radius 2 is 2.13 bits per heavy atom. The molecule has 0 aliphatic carbocycles. The fourth-order valence-electron chi connectivity index (χ4n) is 3.18. The molecule has 1 amide bonds. The van der Waals surface area contributed by atoms with Crippen LogP contribution in [0.5, 0.6) is 0 Å². The summed E-state index contributed by atoms with van der Waals surface area (Å²) in [5, 5.41) is 8.78. The Labute approximate surface area is 173 Å². The highest BCUT2D eigenvalue weighted by atomic mass is 19.1. The van der Waals surface area contributed by atoms with Gasteiger partial charge in [0.2, 0.25) is 5.91 Å². The van der Waals surface area contributed by atoms with Crippen LogP contribution in [0.2, 0.25) is 0 Å². The maximum Gasteiger partial charge on any atom is 0.231 e. The van der Waals surface area contributed by atoms with E-state index in [0.717, 1.165) is 0 Å². The molecule has 1 aromatic carbocycles. The number of halogens is 1. The molecule has 1 aliphatic heterocycles. The van der Waals surface area contributed by atoms with Gasteiger partial charge in [-0.2, -0.15) is 0 Å². The maximum absolute atomic E-state index is 14.6. The van der Waals surface area contributed by atoms with Gasteiger partial charge in [-0.1, -0.05) is 12.1 Å². The van der Waals surface area contributed by atoms with E-state index in [4.69, 9.17) is 10.8 Å². The number of rotatable bonds is 6. The van der Waals surface area contributed by atoms with E-state index in [-0.39, 0.29) is 48.4 Å². The predicted octanol–water partition coefficient (Wildman–Crippen LogP) is 1.44. The molecule has 0 spiro atoms. The van der Waals surface area contributed by atoms with Crippen molar-refractivity contribution < 1.29 is 19.1 Å². The molecule has 8 nitrogen and oxygen atoms in total. The number of aliphatic hydroxyl groups excluding tert-OH is 1. The molecule has 0 saturated heterocycles. The number of ketones is 1. The Kier molecular flexibility index (Phi) is 6.02. The van der Waals surface area contributed by atoms with Crippen LogP contribution in [0.15, 0.2) is 41.7 Å².